The van der Waals surface area contributed by atoms with Crippen molar-refractivity contribution in [3.63, 3.8) is 0 Å². The van der Waals surface area contributed by atoms with Crippen LogP contribution < -0.4 is 11.1 Å². The van der Waals surface area contributed by atoms with Crippen molar-refractivity contribution in [2.45, 2.75) is 19.3 Å². The second-order valence-electron chi connectivity index (χ2n) is 4.45. The molecule has 0 radical (unpaired) electrons. The number of aryl methyl sites for hydroxylation is 1. The predicted octanol–water partition coefficient (Wildman–Crippen LogP) is 2.45. The van der Waals surface area contributed by atoms with E-state index in [2.05, 4.69) is 5.32 Å². The van der Waals surface area contributed by atoms with Crippen LogP contribution in [0, 0.1) is 12.7 Å². The lowest BCUT2D eigenvalue weighted by Crippen LogP contribution is -2.27. The summed E-state index contributed by atoms with van der Waals surface area (Å²) in [5.41, 5.74) is 6.77. The number of hydrogen-bond acceptors (Lipinski definition) is 2. The van der Waals surface area contributed by atoms with Crippen LogP contribution in [0.15, 0.2) is 24.0 Å². The topological polar surface area (TPSA) is 38.0 Å². The van der Waals surface area contributed by atoms with E-state index in [4.69, 9.17) is 17.3 Å². The summed E-state index contributed by atoms with van der Waals surface area (Å²) >= 11 is 5.87. The summed E-state index contributed by atoms with van der Waals surface area (Å²) in [6.45, 7) is 4.42. The minimum atomic E-state index is -0.399. The molecule has 0 aliphatic carbocycles. The Morgan fingerprint density at radius 2 is 2.19 bits per heavy atom. The van der Waals surface area contributed by atoms with Gasteiger partial charge in [0.1, 0.15) is 5.82 Å². The first-order valence-electron chi connectivity index (χ1n) is 5.11. The normalized spacial score (nSPS) is 24.1. The minimum Gasteiger partial charge on any atom is -0.386 e. The average molecular weight is 241 g/mol. The molecular weight excluding hydrogens is 227 g/mol. The SMILES string of the molecule is Cc1cc([C@]2(C)C=C(N)NC2)c(F)cc1Cl. The minimum absolute atomic E-state index is 0.286. The molecule has 0 bridgehead atoms. The van der Waals surface area contributed by atoms with Gasteiger partial charge >= 0.3 is 0 Å². The Morgan fingerprint density at radius 3 is 2.75 bits per heavy atom. The summed E-state index contributed by atoms with van der Waals surface area (Å²) in [6.07, 6.45) is 1.85. The highest BCUT2D eigenvalue weighted by Crippen LogP contribution is 2.33. The van der Waals surface area contributed by atoms with Crippen molar-refractivity contribution in [3.8, 4) is 0 Å². The van der Waals surface area contributed by atoms with Crippen molar-refractivity contribution >= 4 is 11.6 Å². The van der Waals surface area contributed by atoms with Gasteiger partial charge in [0.05, 0.1) is 5.82 Å². The lowest BCUT2D eigenvalue weighted by atomic mass is 9.83. The van der Waals surface area contributed by atoms with Crippen molar-refractivity contribution < 1.29 is 4.39 Å². The molecule has 1 heterocycles. The van der Waals surface area contributed by atoms with Gasteiger partial charge in [-0.25, -0.2) is 4.39 Å². The van der Waals surface area contributed by atoms with Crippen LogP contribution in [0.25, 0.3) is 0 Å². The largest absolute Gasteiger partial charge is 0.386 e. The molecule has 0 fully saturated rings. The number of benzene rings is 1. The van der Waals surface area contributed by atoms with Crippen LogP contribution in [-0.4, -0.2) is 6.54 Å². The molecule has 0 unspecified atom stereocenters. The Labute approximate surface area is 99.3 Å². The molecule has 1 aromatic carbocycles. The van der Waals surface area contributed by atoms with E-state index in [0.717, 1.165) is 5.56 Å². The molecule has 2 nitrogen and oxygen atoms in total. The highest BCUT2D eigenvalue weighted by Gasteiger charge is 2.32. The summed E-state index contributed by atoms with van der Waals surface area (Å²) in [5, 5.41) is 3.46. The first-order chi connectivity index (χ1) is 7.42. The lowest BCUT2D eigenvalue weighted by Gasteiger charge is -2.22. The highest BCUT2D eigenvalue weighted by molar-refractivity contribution is 6.31. The van der Waals surface area contributed by atoms with Gasteiger partial charge in [-0.15, -0.1) is 0 Å². The first-order valence-corrected chi connectivity index (χ1v) is 5.48. The molecule has 0 saturated carbocycles. The zero-order valence-corrected chi connectivity index (χ0v) is 10.0. The molecule has 3 N–H and O–H groups in total. The van der Waals surface area contributed by atoms with E-state index in [0.29, 0.717) is 23.0 Å². The molecule has 1 atom stereocenters. The van der Waals surface area contributed by atoms with Crippen molar-refractivity contribution in [3.05, 3.63) is 46.0 Å². The molecule has 0 saturated heterocycles. The summed E-state index contributed by atoms with van der Waals surface area (Å²) in [6, 6.07) is 3.15. The summed E-state index contributed by atoms with van der Waals surface area (Å²) in [4.78, 5) is 0. The van der Waals surface area contributed by atoms with E-state index in [1.54, 1.807) is 6.07 Å². The Hall–Kier alpha value is -1.22. The summed E-state index contributed by atoms with van der Waals surface area (Å²) < 4.78 is 13.9. The maximum atomic E-state index is 13.9. The van der Waals surface area contributed by atoms with E-state index in [1.165, 1.54) is 6.07 Å². The third-order valence-corrected chi connectivity index (χ3v) is 3.40. The van der Waals surface area contributed by atoms with Crippen LogP contribution in [0.4, 0.5) is 4.39 Å². The fourth-order valence-electron chi connectivity index (χ4n) is 2.00. The van der Waals surface area contributed by atoms with Crippen LogP contribution in [0.1, 0.15) is 18.1 Å². The molecule has 1 aliphatic heterocycles. The molecule has 86 valence electrons. The predicted molar refractivity (Wildman–Crippen MR) is 63.8 cm³/mol. The molecule has 2 rings (SSSR count). The fourth-order valence-corrected chi connectivity index (χ4v) is 2.15. The van der Waals surface area contributed by atoms with Crippen molar-refractivity contribution in [2.75, 3.05) is 6.54 Å². The van der Waals surface area contributed by atoms with Crippen molar-refractivity contribution in [1.29, 1.82) is 0 Å². The summed E-state index contributed by atoms with van der Waals surface area (Å²) in [5.74, 6) is 0.306. The van der Waals surface area contributed by atoms with Gasteiger partial charge in [0.2, 0.25) is 0 Å². The van der Waals surface area contributed by atoms with E-state index in [1.807, 2.05) is 19.9 Å². The third kappa shape index (κ3) is 1.76. The molecule has 0 aromatic heterocycles. The smallest absolute Gasteiger partial charge is 0.128 e. The van der Waals surface area contributed by atoms with Crippen molar-refractivity contribution in [1.82, 2.24) is 5.32 Å². The van der Waals surface area contributed by atoms with Gasteiger partial charge in [0, 0.05) is 17.0 Å². The van der Waals surface area contributed by atoms with Crippen LogP contribution >= 0.6 is 11.6 Å². The van der Waals surface area contributed by atoms with E-state index in [-0.39, 0.29) is 5.82 Å². The Balaban J connectivity index is 2.53. The van der Waals surface area contributed by atoms with Gasteiger partial charge in [0.15, 0.2) is 0 Å². The molecule has 1 aliphatic rings. The van der Waals surface area contributed by atoms with Gasteiger partial charge in [-0.2, -0.15) is 0 Å². The quantitative estimate of drug-likeness (QED) is 0.791. The highest BCUT2D eigenvalue weighted by atomic mass is 35.5. The summed E-state index contributed by atoms with van der Waals surface area (Å²) in [7, 11) is 0. The number of rotatable bonds is 1. The molecule has 16 heavy (non-hydrogen) atoms. The fraction of sp³-hybridized carbons (Fsp3) is 0.333. The molecule has 0 amide bonds. The first kappa shape index (κ1) is 11.3. The average Bonchev–Trinajstić information content (AvgIpc) is 2.53. The van der Waals surface area contributed by atoms with Crippen LogP contribution in [0.5, 0.6) is 0 Å². The van der Waals surface area contributed by atoms with E-state index < -0.39 is 5.41 Å². The molecule has 4 heteroatoms. The standard InChI is InChI=1S/C12H14ClFN2/c1-7-3-8(10(14)4-9(7)13)12(2)5-11(15)16-6-12/h3-5,16H,6,15H2,1-2H3/t12-/m1/s1. The second-order valence-corrected chi connectivity index (χ2v) is 4.86. The molecule has 1 aromatic rings. The number of hydrogen-bond donors (Lipinski definition) is 2. The zero-order chi connectivity index (χ0) is 11.9. The van der Waals surface area contributed by atoms with Crippen molar-refractivity contribution in [2.24, 2.45) is 5.73 Å². The van der Waals surface area contributed by atoms with Crippen LogP contribution in [-0.2, 0) is 5.41 Å². The number of nitrogens with two attached hydrogens (primary N) is 1. The van der Waals surface area contributed by atoms with Gasteiger partial charge in [-0.3, -0.25) is 0 Å². The molecule has 0 spiro atoms. The van der Waals surface area contributed by atoms with Crippen LogP contribution in [0.3, 0.4) is 0 Å². The van der Waals surface area contributed by atoms with Gasteiger partial charge in [0.25, 0.3) is 0 Å². The third-order valence-electron chi connectivity index (χ3n) is 3.00. The van der Waals surface area contributed by atoms with Gasteiger partial charge < -0.3 is 11.1 Å². The van der Waals surface area contributed by atoms with Gasteiger partial charge in [-0.1, -0.05) is 24.6 Å². The van der Waals surface area contributed by atoms with Crippen LogP contribution in [0.2, 0.25) is 5.02 Å². The number of nitrogens with one attached hydrogen (secondary N) is 1. The maximum Gasteiger partial charge on any atom is 0.128 e. The Morgan fingerprint density at radius 1 is 1.50 bits per heavy atom. The number of halogens is 2. The van der Waals surface area contributed by atoms with E-state index in [9.17, 15) is 4.39 Å². The lowest BCUT2D eigenvalue weighted by molar-refractivity contribution is 0.534. The second kappa shape index (κ2) is 3.67. The van der Waals surface area contributed by atoms with Gasteiger partial charge in [-0.05, 0) is 30.2 Å². The zero-order valence-electron chi connectivity index (χ0n) is 9.27. The Kier molecular flexibility index (Phi) is 2.58. The maximum absolute atomic E-state index is 13.9. The Bertz CT molecular complexity index is 470. The van der Waals surface area contributed by atoms with E-state index >= 15 is 0 Å². The monoisotopic (exact) mass is 240 g/mol. The molecular formula is C12H14ClFN2.